The van der Waals surface area contributed by atoms with Crippen molar-refractivity contribution in [3.05, 3.63) is 53.9 Å². The van der Waals surface area contributed by atoms with Crippen LogP contribution in [0.5, 0.6) is 11.5 Å². The van der Waals surface area contributed by atoms with E-state index in [2.05, 4.69) is 10.3 Å². The maximum atomic E-state index is 14.1. The topological polar surface area (TPSA) is 111 Å². The number of hydrogen-bond acceptors (Lipinski definition) is 7. The van der Waals surface area contributed by atoms with E-state index in [9.17, 15) is 14.4 Å². The van der Waals surface area contributed by atoms with E-state index in [0.717, 1.165) is 25.7 Å². The van der Waals surface area contributed by atoms with Gasteiger partial charge in [0.2, 0.25) is 0 Å². The molecule has 196 valence electrons. The van der Waals surface area contributed by atoms with Crippen LogP contribution >= 0.6 is 0 Å². The first kappa shape index (κ1) is 26.2. The van der Waals surface area contributed by atoms with Crippen LogP contribution in [0.25, 0.3) is 11.1 Å². The van der Waals surface area contributed by atoms with E-state index in [1.165, 1.54) is 19.1 Å². The second kappa shape index (κ2) is 11.5. The first-order chi connectivity index (χ1) is 17.9. The van der Waals surface area contributed by atoms with Gasteiger partial charge in [-0.1, -0.05) is 44.7 Å². The van der Waals surface area contributed by atoms with E-state index in [-0.39, 0.29) is 12.4 Å². The molecule has 0 atom stereocenters. The van der Waals surface area contributed by atoms with Gasteiger partial charge in [0.05, 0.1) is 14.2 Å². The Kier molecular flexibility index (Phi) is 8.11. The Balaban J connectivity index is 1.65. The number of ether oxygens (including phenoxy) is 2. The van der Waals surface area contributed by atoms with Crippen LogP contribution in [0.15, 0.2) is 46.9 Å². The Hall–Kier alpha value is -3.88. The summed E-state index contributed by atoms with van der Waals surface area (Å²) in [5.41, 5.74) is 0.143. The summed E-state index contributed by atoms with van der Waals surface area (Å²) in [5.74, 6) is -0.669. The normalized spacial score (nSPS) is 14.7. The van der Waals surface area contributed by atoms with Gasteiger partial charge in [-0.3, -0.25) is 19.3 Å². The molecule has 0 radical (unpaired) electrons. The van der Waals surface area contributed by atoms with Gasteiger partial charge >= 0.3 is 5.91 Å². The highest BCUT2D eigenvalue weighted by Gasteiger charge is 2.45. The van der Waals surface area contributed by atoms with E-state index in [4.69, 9.17) is 13.9 Å². The van der Waals surface area contributed by atoms with Crippen LogP contribution in [0.2, 0.25) is 0 Å². The Morgan fingerprint density at radius 1 is 1.03 bits per heavy atom. The predicted octanol–water partition coefficient (Wildman–Crippen LogP) is 4.75. The first-order valence-corrected chi connectivity index (χ1v) is 12.7. The number of oxazole rings is 1. The highest BCUT2D eigenvalue weighted by Crippen LogP contribution is 2.33. The molecule has 3 aromatic rings. The van der Waals surface area contributed by atoms with Gasteiger partial charge in [0.1, 0.15) is 11.1 Å². The van der Waals surface area contributed by atoms with Crippen LogP contribution in [0.4, 0.5) is 0 Å². The number of amides is 3. The Morgan fingerprint density at radius 3 is 2.43 bits per heavy atom. The minimum Gasteiger partial charge on any atom is -0.493 e. The maximum Gasteiger partial charge on any atom is 0.316 e. The van der Waals surface area contributed by atoms with Gasteiger partial charge in [0.25, 0.3) is 17.7 Å². The van der Waals surface area contributed by atoms with Crippen molar-refractivity contribution in [2.24, 2.45) is 0 Å². The molecule has 4 rings (SSSR count). The number of unbranched alkanes of at least 4 members (excludes halogenated alkanes) is 1. The van der Waals surface area contributed by atoms with Crippen LogP contribution in [-0.4, -0.2) is 53.9 Å². The maximum absolute atomic E-state index is 14.1. The molecule has 37 heavy (non-hydrogen) atoms. The van der Waals surface area contributed by atoms with Gasteiger partial charge in [0.15, 0.2) is 17.1 Å². The van der Waals surface area contributed by atoms with Crippen LogP contribution < -0.4 is 14.8 Å². The molecule has 1 N–H and O–H groups in total. The molecule has 0 bridgehead atoms. The minimum atomic E-state index is -1.21. The van der Waals surface area contributed by atoms with E-state index in [0.29, 0.717) is 47.4 Å². The summed E-state index contributed by atoms with van der Waals surface area (Å²) < 4.78 is 16.3. The SMILES string of the molecule is CCCCN(C(=O)c1nc2ccccc2o1)C(=O)C1(NC(=O)c2ccc(OC)c(OC)c2)CCCCC1. The van der Waals surface area contributed by atoms with Crippen LogP contribution in [-0.2, 0) is 4.79 Å². The molecule has 2 aromatic carbocycles. The number of carbonyl (C=O) groups excluding carboxylic acids is 3. The van der Waals surface area contributed by atoms with Crippen molar-refractivity contribution in [2.75, 3.05) is 20.8 Å². The highest BCUT2D eigenvalue weighted by atomic mass is 16.5. The molecular weight excluding hydrogens is 474 g/mol. The van der Waals surface area contributed by atoms with E-state index in [1.54, 1.807) is 42.5 Å². The number of para-hydroxylation sites is 2. The lowest BCUT2D eigenvalue weighted by atomic mass is 9.80. The van der Waals surface area contributed by atoms with Crippen LogP contribution in [0, 0.1) is 0 Å². The van der Waals surface area contributed by atoms with Gasteiger partial charge in [-0.15, -0.1) is 0 Å². The van der Waals surface area contributed by atoms with Crippen LogP contribution in [0.1, 0.15) is 72.9 Å². The largest absolute Gasteiger partial charge is 0.493 e. The fourth-order valence-corrected chi connectivity index (χ4v) is 4.76. The summed E-state index contributed by atoms with van der Waals surface area (Å²) in [6, 6.07) is 11.9. The number of nitrogens with zero attached hydrogens (tertiary/aromatic N) is 2. The summed E-state index contributed by atoms with van der Waals surface area (Å²) >= 11 is 0. The number of methoxy groups -OCH3 is 2. The Labute approximate surface area is 216 Å². The Morgan fingerprint density at radius 2 is 1.76 bits per heavy atom. The van der Waals surface area contributed by atoms with E-state index in [1.807, 2.05) is 6.92 Å². The average molecular weight is 508 g/mol. The van der Waals surface area contributed by atoms with Crippen molar-refractivity contribution in [3.8, 4) is 11.5 Å². The minimum absolute atomic E-state index is 0.136. The van der Waals surface area contributed by atoms with E-state index >= 15 is 0 Å². The molecule has 1 heterocycles. The number of rotatable bonds is 9. The van der Waals surface area contributed by atoms with Gasteiger partial charge in [-0.05, 0) is 49.6 Å². The highest BCUT2D eigenvalue weighted by molar-refractivity contribution is 6.08. The number of benzene rings is 2. The molecule has 9 heteroatoms. The van der Waals surface area contributed by atoms with Crippen LogP contribution in [0.3, 0.4) is 0 Å². The zero-order valence-corrected chi connectivity index (χ0v) is 21.5. The third kappa shape index (κ3) is 5.45. The molecule has 0 unspecified atom stereocenters. The molecule has 3 amide bonds. The van der Waals surface area contributed by atoms with Gasteiger partial charge in [0, 0.05) is 12.1 Å². The molecule has 1 aliphatic carbocycles. The lowest BCUT2D eigenvalue weighted by molar-refractivity contribution is -0.137. The van der Waals surface area contributed by atoms with Crippen molar-refractivity contribution >= 4 is 28.8 Å². The van der Waals surface area contributed by atoms with Gasteiger partial charge in [-0.2, -0.15) is 0 Å². The molecule has 0 aliphatic heterocycles. The standard InChI is InChI=1S/C28H33N3O6/c1-4-5-17-31(26(33)25-29-20-11-7-8-12-21(20)37-25)27(34)28(15-9-6-10-16-28)30-24(32)19-13-14-22(35-2)23(18-19)36-3/h7-8,11-14,18H,4-6,9-10,15-17H2,1-3H3,(H,30,32). The molecule has 1 fully saturated rings. The fraction of sp³-hybridized carbons (Fsp3) is 0.429. The third-order valence-electron chi connectivity index (χ3n) is 6.82. The van der Waals surface area contributed by atoms with Gasteiger partial charge in [-0.25, -0.2) is 4.98 Å². The van der Waals surface area contributed by atoms with Gasteiger partial charge < -0.3 is 19.2 Å². The number of nitrogens with one attached hydrogen (secondary N) is 1. The predicted molar refractivity (Wildman–Crippen MR) is 138 cm³/mol. The first-order valence-electron chi connectivity index (χ1n) is 12.7. The Bertz CT molecular complexity index is 1240. The zero-order chi connectivity index (χ0) is 26.4. The summed E-state index contributed by atoms with van der Waals surface area (Å²) in [7, 11) is 3.01. The van der Waals surface area contributed by atoms with Crippen molar-refractivity contribution in [1.82, 2.24) is 15.2 Å². The van der Waals surface area contributed by atoms with Crippen molar-refractivity contribution in [2.45, 2.75) is 57.4 Å². The fourth-order valence-electron chi connectivity index (χ4n) is 4.76. The number of imide groups is 1. The average Bonchev–Trinajstić information content (AvgIpc) is 3.37. The van der Waals surface area contributed by atoms with Crippen molar-refractivity contribution in [3.63, 3.8) is 0 Å². The zero-order valence-electron chi connectivity index (χ0n) is 21.5. The lowest BCUT2D eigenvalue weighted by Gasteiger charge is -2.39. The second-order valence-corrected chi connectivity index (χ2v) is 9.27. The number of hydrogen-bond donors (Lipinski definition) is 1. The summed E-state index contributed by atoms with van der Waals surface area (Å²) in [6.45, 7) is 2.20. The summed E-state index contributed by atoms with van der Waals surface area (Å²) in [6.07, 6.45) is 4.76. The number of carbonyl (C=O) groups is 3. The molecule has 9 nitrogen and oxygen atoms in total. The summed E-state index contributed by atoms with van der Waals surface area (Å²) in [4.78, 5) is 46.6. The third-order valence-corrected chi connectivity index (χ3v) is 6.82. The molecule has 1 aromatic heterocycles. The molecule has 1 aliphatic rings. The second-order valence-electron chi connectivity index (χ2n) is 9.27. The smallest absolute Gasteiger partial charge is 0.316 e. The molecule has 1 saturated carbocycles. The lowest BCUT2D eigenvalue weighted by Crippen LogP contribution is -2.61. The van der Waals surface area contributed by atoms with E-state index < -0.39 is 23.3 Å². The van der Waals surface area contributed by atoms with Crippen molar-refractivity contribution < 1.29 is 28.3 Å². The number of aromatic nitrogens is 1. The molecular formula is C28H33N3O6. The molecule has 0 spiro atoms. The van der Waals surface area contributed by atoms with Crippen molar-refractivity contribution in [1.29, 1.82) is 0 Å². The number of fused-ring (bicyclic) bond motifs is 1. The molecule has 0 saturated heterocycles. The monoisotopic (exact) mass is 507 g/mol. The summed E-state index contributed by atoms with van der Waals surface area (Å²) in [5, 5.41) is 3.00. The quantitative estimate of drug-likeness (QED) is 0.416.